The van der Waals surface area contributed by atoms with Crippen LogP contribution in [0.2, 0.25) is 0 Å². The summed E-state index contributed by atoms with van der Waals surface area (Å²) in [7, 11) is 0. The van der Waals surface area contributed by atoms with E-state index in [0.29, 0.717) is 4.90 Å². The summed E-state index contributed by atoms with van der Waals surface area (Å²) in [4.78, 5) is 33.1. The zero-order valence-electron chi connectivity index (χ0n) is 9.78. The standard InChI is InChI=1S/C11H11NO4S.Cr/c1-7(13)11(8(2)14)17-10-6-4-3-5-9(10)12(15)16;/h3-6,11H,1-2H3;. The van der Waals surface area contributed by atoms with E-state index < -0.39 is 10.2 Å². The van der Waals surface area contributed by atoms with Crippen LogP contribution in [-0.4, -0.2) is 21.7 Å². The van der Waals surface area contributed by atoms with Gasteiger partial charge in [0, 0.05) is 23.4 Å². The van der Waals surface area contributed by atoms with E-state index in [-0.39, 0.29) is 34.6 Å². The Labute approximate surface area is 119 Å². The van der Waals surface area contributed by atoms with E-state index in [0.717, 1.165) is 11.8 Å². The first-order valence-corrected chi connectivity index (χ1v) is 5.72. The van der Waals surface area contributed by atoms with Crippen molar-refractivity contribution in [1.82, 2.24) is 0 Å². The number of nitrogens with zero attached hydrogens (tertiary/aromatic N) is 1. The number of Topliss-reactive ketones (excluding diaryl/α,β-unsaturated/α-hetero) is 2. The molecule has 0 fully saturated rings. The Hall–Kier alpha value is -1.16. The fourth-order valence-electron chi connectivity index (χ4n) is 1.29. The van der Waals surface area contributed by atoms with Crippen LogP contribution in [-0.2, 0) is 27.0 Å². The number of rotatable bonds is 5. The van der Waals surface area contributed by atoms with Crippen LogP contribution in [0.3, 0.4) is 0 Å². The molecule has 1 rings (SSSR count). The number of nitro benzene ring substituents is 1. The maximum absolute atomic E-state index is 11.3. The maximum atomic E-state index is 11.3. The van der Waals surface area contributed by atoms with Gasteiger partial charge >= 0.3 is 0 Å². The Kier molecular flexibility index (Phi) is 6.84. The summed E-state index contributed by atoms with van der Waals surface area (Å²) in [5.41, 5.74) is -0.0926. The molecule has 0 N–H and O–H groups in total. The molecule has 0 spiro atoms. The van der Waals surface area contributed by atoms with E-state index >= 15 is 0 Å². The minimum atomic E-state index is -0.879. The molecule has 0 saturated carbocycles. The van der Waals surface area contributed by atoms with Gasteiger partial charge in [-0.1, -0.05) is 23.9 Å². The van der Waals surface area contributed by atoms with Crippen LogP contribution in [0.1, 0.15) is 13.8 Å². The molecule has 96 valence electrons. The third-order valence-corrected chi connectivity index (χ3v) is 3.54. The Morgan fingerprint density at radius 3 is 2.17 bits per heavy atom. The molecule has 5 nitrogen and oxygen atoms in total. The minimum Gasteiger partial charge on any atom is -0.298 e. The van der Waals surface area contributed by atoms with Crippen molar-refractivity contribution >= 4 is 29.0 Å². The Morgan fingerprint density at radius 2 is 1.72 bits per heavy atom. The molecule has 0 aliphatic carbocycles. The number of ketones is 2. The van der Waals surface area contributed by atoms with Crippen molar-refractivity contribution in [3.8, 4) is 0 Å². The van der Waals surface area contributed by atoms with Gasteiger partial charge in [0.1, 0.15) is 5.25 Å². The van der Waals surface area contributed by atoms with Crippen molar-refractivity contribution in [3.63, 3.8) is 0 Å². The molecular formula is C11H11CrNO4S. The molecular weight excluding hydrogens is 294 g/mol. The van der Waals surface area contributed by atoms with E-state index in [2.05, 4.69) is 0 Å². The van der Waals surface area contributed by atoms with Gasteiger partial charge in [-0.05, 0) is 19.9 Å². The molecule has 0 atom stereocenters. The number of nitro groups is 1. The van der Waals surface area contributed by atoms with Crippen molar-refractivity contribution in [2.45, 2.75) is 24.0 Å². The van der Waals surface area contributed by atoms with E-state index in [9.17, 15) is 19.7 Å². The Balaban J connectivity index is 0.00000289. The van der Waals surface area contributed by atoms with Crippen molar-refractivity contribution in [1.29, 1.82) is 0 Å². The van der Waals surface area contributed by atoms with Gasteiger partial charge in [0.15, 0.2) is 11.6 Å². The van der Waals surface area contributed by atoms with Crippen molar-refractivity contribution in [2.75, 3.05) is 0 Å². The van der Waals surface area contributed by atoms with Crippen LogP contribution >= 0.6 is 11.8 Å². The molecule has 0 bridgehead atoms. The summed E-state index contributed by atoms with van der Waals surface area (Å²) >= 11 is 0.919. The predicted octanol–water partition coefficient (Wildman–Crippen LogP) is 2.23. The number of thioether (sulfide) groups is 1. The van der Waals surface area contributed by atoms with Gasteiger partial charge in [-0.25, -0.2) is 0 Å². The second kappa shape index (κ2) is 7.32. The molecule has 0 aliphatic heterocycles. The predicted molar refractivity (Wildman–Crippen MR) is 64.1 cm³/mol. The van der Waals surface area contributed by atoms with E-state index in [1.165, 1.54) is 26.0 Å². The van der Waals surface area contributed by atoms with Crippen molar-refractivity contribution in [3.05, 3.63) is 34.4 Å². The molecule has 0 radical (unpaired) electrons. The molecule has 0 aromatic heterocycles. The van der Waals surface area contributed by atoms with Gasteiger partial charge < -0.3 is 0 Å². The van der Waals surface area contributed by atoms with Gasteiger partial charge in [0.25, 0.3) is 5.69 Å². The average molecular weight is 305 g/mol. The van der Waals surface area contributed by atoms with Crippen LogP contribution < -0.4 is 0 Å². The molecule has 0 unspecified atom stereocenters. The molecule has 7 heteroatoms. The van der Waals surface area contributed by atoms with Crippen LogP contribution in [0.25, 0.3) is 0 Å². The topological polar surface area (TPSA) is 77.3 Å². The molecule has 1 aromatic rings. The van der Waals surface area contributed by atoms with E-state index in [1.54, 1.807) is 12.1 Å². The van der Waals surface area contributed by atoms with Gasteiger partial charge in [0.2, 0.25) is 0 Å². The van der Waals surface area contributed by atoms with Crippen molar-refractivity contribution in [2.24, 2.45) is 0 Å². The van der Waals surface area contributed by atoms with Crippen LogP contribution in [0.5, 0.6) is 0 Å². The summed E-state index contributed by atoms with van der Waals surface area (Å²) in [6, 6.07) is 6.05. The SMILES string of the molecule is CC(=O)C(Sc1ccccc1[N+](=O)[O-])C(C)=O.[Cr]. The monoisotopic (exact) mass is 305 g/mol. The number of carbonyl (C=O) groups excluding carboxylic acids is 2. The summed E-state index contributed by atoms with van der Waals surface area (Å²) in [6.07, 6.45) is 0. The number of para-hydroxylation sites is 1. The second-order valence-corrected chi connectivity index (χ2v) is 4.59. The maximum Gasteiger partial charge on any atom is 0.282 e. The molecule has 1 aromatic carbocycles. The van der Waals surface area contributed by atoms with Crippen molar-refractivity contribution < 1.29 is 31.9 Å². The van der Waals surface area contributed by atoms with Gasteiger partial charge in [-0.15, -0.1) is 0 Å². The van der Waals surface area contributed by atoms with Crippen LogP contribution in [0.4, 0.5) is 5.69 Å². The fraction of sp³-hybridized carbons (Fsp3) is 0.273. The molecule has 0 amide bonds. The minimum absolute atomic E-state index is 0. The van der Waals surface area contributed by atoms with Gasteiger partial charge in [-0.2, -0.15) is 0 Å². The number of hydrogen-bond donors (Lipinski definition) is 0. The summed E-state index contributed by atoms with van der Waals surface area (Å²) in [6.45, 7) is 2.60. The van der Waals surface area contributed by atoms with E-state index in [4.69, 9.17) is 0 Å². The second-order valence-electron chi connectivity index (χ2n) is 3.44. The number of carbonyl (C=O) groups is 2. The summed E-state index contributed by atoms with van der Waals surface area (Å²) < 4.78 is 0. The van der Waals surface area contributed by atoms with Gasteiger partial charge in [0.05, 0.1) is 9.82 Å². The zero-order chi connectivity index (χ0) is 13.0. The summed E-state index contributed by atoms with van der Waals surface area (Å²) in [5, 5.41) is 9.89. The number of benzene rings is 1. The molecule has 0 aliphatic rings. The average Bonchev–Trinajstić information content (AvgIpc) is 2.25. The van der Waals surface area contributed by atoms with Crippen LogP contribution in [0.15, 0.2) is 29.2 Å². The smallest absolute Gasteiger partial charge is 0.282 e. The third-order valence-electron chi connectivity index (χ3n) is 2.05. The third kappa shape index (κ3) is 4.26. The summed E-state index contributed by atoms with van der Waals surface area (Å²) in [5.74, 6) is -0.610. The zero-order valence-corrected chi connectivity index (χ0v) is 11.9. The first-order valence-electron chi connectivity index (χ1n) is 4.84. The fourth-order valence-corrected chi connectivity index (χ4v) is 2.29. The van der Waals surface area contributed by atoms with Gasteiger partial charge in [-0.3, -0.25) is 19.7 Å². The molecule has 0 heterocycles. The Morgan fingerprint density at radius 1 is 1.22 bits per heavy atom. The van der Waals surface area contributed by atoms with E-state index in [1.807, 2.05) is 0 Å². The van der Waals surface area contributed by atoms with Crippen LogP contribution in [0, 0.1) is 10.1 Å². The number of hydrogen-bond acceptors (Lipinski definition) is 5. The first-order chi connectivity index (χ1) is 7.93. The molecule has 18 heavy (non-hydrogen) atoms. The first kappa shape index (κ1) is 16.8. The Bertz CT molecular complexity index is 464. The molecule has 0 saturated heterocycles. The quantitative estimate of drug-likeness (QED) is 0.361. The normalized spacial score (nSPS) is 9.72. The largest absolute Gasteiger partial charge is 0.298 e.